The molecule has 1 aromatic heterocycles. The average Bonchev–Trinajstić information content (AvgIpc) is 3.08. The summed E-state index contributed by atoms with van der Waals surface area (Å²) in [5, 5.41) is 9.88. The zero-order valence-corrected chi connectivity index (χ0v) is 14.2. The minimum Gasteiger partial charge on any atom is -0.478 e. The van der Waals surface area contributed by atoms with Crippen LogP contribution in [0.3, 0.4) is 0 Å². The molecule has 0 saturated heterocycles. The van der Waals surface area contributed by atoms with Crippen LogP contribution in [0.2, 0.25) is 0 Å². The predicted octanol–water partition coefficient (Wildman–Crippen LogP) is 4.86. The van der Waals surface area contributed by atoms with Crippen LogP contribution in [0.4, 0.5) is 0 Å². The predicted molar refractivity (Wildman–Crippen MR) is 102 cm³/mol. The number of nitrogens with zero attached hydrogens (tertiary/aromatic N) is 1. The molecule has 0 unspecified atom stereocenters. The van der Waals surface area contributed by atoms with Crippen molar-refractivity contribution in [3.05, 3.63) is 65.4 Å². The van der Waals surface area contributed by atoms with Gasteiger partial charge in [-0.25, -0.2) is 4.79 Å². The van der Waals surface area contributed by atoms with Crippen molar-refractivity contribution in [1.82, 2.24) is 4.98 Å². The summed E-state index contributed by atoms with van der Waals surface area (Å²) in [4.78, 5) is 15.3. The van der Waals surface area contributed by atoms with Gasteiger partial charge in [0.05, 0.1) is 16.8 Å². The summed E-state index contributed by atoms with van der Waals surface area (Å²) in [7, 11) is 0. The number of hydrogen-bond acceptors (Lipinski definition) is 4. The maximum absolute atomic E-state index is 11.0. The highest BCUT2D eigenvalue weighted by atomic mass is 16.7. The summed E-state index contributed by atoms with van der Waals surface area (Å²) in [5.41, 5.74) is 2.99. The van der Waals surface area contributed by atoms with Gasteiger partial charge in [-0.05, 0) is 43.2 Å². The molecule has 3 aromatic rings. The molecule has 1 aliphatic heterocycles. The van der Waals surface area contributed by atoms with Gasteiger partial charge in [0, 0.05) is 5.39 Å². The molecule has 5 nitrogen and oxygen atoms in total. The molecule has 4 rings (SSSR count). The van der Waals surface area contributed by atoms with Gasteiger partial charge in [0.2, 0.25) is 6.79 Å². The van der Waals surface area contributed by atoms with Crippen molar-refractivity contribution in [2.45, 2.75) is 27.7 Å². The lowest BCUT2D eigenvalue weighted by Gasteiger charge is -2.04. The third kappa shape index (κ3) is 4.11. The number of carbonyl (C=O) groups is 1. The minimum absolute atomic E-state index is 0. The Labute approximate surface area is 153 Å². The molecule has 1 aliphatic rings. The molecule has 0 spiro atoms. The lowest BCUT2D eigenvalue weighted by molar-refractivity contribution is 0.0695. The lowest BCUT2D eigenvalue weighted by Crippen LogP contribution is -2.04. The van der Waals surface area contributed by atoms with Gasteiger partial charge < -0.3 is 14.6 Å². The van der Waals surface area contributed by atoms with Gasteiger partial charge in [-0.15, -0.1) is 0 Å². The van der Waals surface area contributed by atoms with Gasteiger partial charge in [0.25, 0.3) is 0 Å². The van der Waals surface area contributed by atoms with Crippen LogP contribution in [0.25, 0.3) is 10.9 Å². The average molecular weight is 353 g/mol. The summed E-state index contributed by atoms with van der Waals surface area (Å²) >= 11 is 0. The van der Waals surface area contributed by atoms with Gasteiger partial charge in [-0.1, -0.05) is 38.6 Å². The second-order valence-corrected chi connectivity index (χ2v) is 5.69. The third-order valence-corrected chi connectivity index (χ3v) is 3.90. The highest BCUT2D eigenvalue weighted by Gasteiger charge is 2.12. The molecule has 136 valence electrons. The largest absolute Gasteiger partial charge is 0.478 e. The fourth-order valence-electron chi connectivity index (χ4n) is 2.61. The molecule has 0 bridgehead atoms. The highest BCUT2D eigenvalue weighted by Crippen LogP contribution is 2.31. The Morgan fingerprint density at radius 3 is 2.58 bits per heavy atom. The zero-order chi connectivity index (χ0) is 17.8. The number of benzene rings is 2. The van der Waals surface area contributed by atoms with Crippen LogP contribution in [0.15, 0.2) is 48.5 Å². The Morgan fingerprint density at radius 1 is 1.12 bits per heavy atom. The molecular formula is C21H23NO4. The van der Waals surface area contributed by atoms with Gasteiger partial charge in [0.15, 0.2) is 11.5 Å². The Morgan fingerprint density at radius 2 is 1.85 bits per heavy atom. The molecule has 0 atom stereocenters. The van der Waals surface area contributed by atoms with Crippen LogP contribution >= 0.6 is 0 Å². The van der Waals surface area contributed by atoms with Crippen molar-refractivity contribution in [3.8, 4) is 11.5 Å². The van der Waals surface area contributed by atoms with E-state index in [0.29, 0.717) is 24.5 Å². The Hall–Kier alpha value is -3.08. The van der Waals surface area contributed by atoms with Crippen molar-refractivity contribution >= 4 is 16.9 Å². The van der Waals surface area contributed by atoms with Crippen molar-refractivity contribution < 1.29 is 19.4 Å². The van der Waals surface area contributed by atoms with Crippen LogP contribution < -0.4 is 9.47 Å². The fraction of sp³-hybridized carbons (Fsp3) is 0.238. The standard InChI is InChI=1S/C12H11NO2.C8H8O2.CH4/c1-2-10-9(12(14)15)7-8-5-3-4-6-11(8)13-10;1-6-2-3-7-8(4-6)10-5-9-7;/h3-7H,2H2,1H3,(H,14,15);2-4H,5H2,1H3;1H4. The molecule has 0 aliphatic carbocycles. The molecule has 5 heteroatoms. The summed E-state index contributed by atoms with van der Waals surface area (Å²) in [6.45, 7) is 4.30. The summed E-state index contributed by atoms with van der Waals surface area (Å²) in [6, 6.07) is 15.1. The monoisotopic (exact) mass is 353 g/mol. The Balaban J connectivity index is 0.000000193. The molecule has 0 saturated carbocycles. The van der Waals surface area contributed by atoms with E-state index in [1.807, 2.05) is 56.3 Å². The second kappa shape index (κ2) is 8.34. The fourth-order valence-corrected chi connectivity index (χ4v) is 2.61. The number of rotatable bonds is 2. The quantitative estimate of drug-likeness (QED) is 0.713. The van der Waals surface area contributed by atoms with Crippen LogP contribution in [0.5, 0.6) is 11.5 Å². The van der Waals surface area contributed by atoms with Crippen molar-refractivity contribution in [2.75, 3.05) is 6.79 Å². The molecule has 0 radical (unpaired) electrons. The summed E-state index contributed by atoms with van der Waals surface area (Å²) in [6.07, 6.45) is 0.631. The molecule has 2 aromatic carbocycles. The molecule has 26 heavy (non-hydrogen) atoms. The normalized spacial score (nSPS) is 11.3. The zero-order valence-electron chi connectivity index (χ0n) is 14.2. The van der Waals surface area contributed by atoms with E-state index in [1.54, 1.807) is 6.07 Å². The first-order chi connectivity index (χ1) is 12.1. The number of hydrogen-bond donors (Lipinski definition) is 1. The van der Waals surface area contributed by atoms with E-state index in [2.05, 4.69) is 4.98 Å². The maximum Gasteiger partial charge on any atom is 0.337 e. The van der Waals surface area contributed by atoms with E-state index in [0.717, 1.165) is 22.4 Å². The van der Waals surface area contributed by atoms with Gasteiger partial charge in [-0.3, -0.25) is 4.98 Å². The number of fused-ring (bicyclic) bond motifs is 2. The minimum atomic E-state index is -0.912. The smallest absolute Gasteiger partial charge is 0.337 e. The first-order valence-electron chi connectivity index (χ1n) is 8.06. The van der Waals surface area contributed by atoms with Crippen LogP contribution in [-0.2, 0) is 6.42 Å². The number of ether oxygens (including phenoxy) is 2. The number of aromatic nitrogens is 1. The van der Waals surface area contributed by atoms with Crippen LogP contribution in [0.1, 0.15) is 36.0 Å². The number of carboxylic acid groups (broad SMARTS) is 1. The van der Waals surface area contributed by atoms with Gasteiger partial charge in [-0.2, -0.15) is 0 Å². The number of carboxylic acids is 1. The molecule has 2 heterocycles. The van der Waals surface area contributed by atoms with E-state index in [1.165, 1.54) is 5.56 Å². The van der Waals surface area contributed by atoms with Crippen molar-refractivity contribution in [2.24, 2.45) is 0 Å². The Kier molecular flexibility index (Phi) is 6.17. The van der Waals surface area contributed by atoms with E-state index >= 15 is 0 Å². The van der Waals surface area contributed by atoms with E-state index in [4.69, 9.17) is 14.6 Å². The number of pyridine rings is 1. The SMILES string of the molecule is C.CCc1nc2ccccc2cc1C(=O)O.Cc1ccc2c(c1)OCO2. The maximum atomic E-state index is 11.0. The van der Waals surface area contributed by atoms with E-state index in [9.17, 15) is 4.79 Å². The topological polar surface area (TPSA) is 68.7 Å². The molecular weight excluding hydrogens is 330 g/mol. The molecule has 0 amide bonds. The van der Waals surface area contributed by atoms with Crippen molar-refractivity contribution in [1.29, 1.82) is 0 Å². The third-order valence-electron chi connectivity index (χ3n) is 3.90. The Bertz CT molecular complexity index is 921. The highest BCUT2D eigenvalue weighted by molar-refractivity contribution is 5.93. The number of para-hydroxylation sites is 1. The first-order valence-corrected chi connectivity index (χ1v) is 8.06. The van der Waals surface area contributed by atoms with Crippen LogP contribution in [0, 0.1) is 6.92 Å². The van der Waals surface area contributed by atoms with Gasteiger partial charge in [0.1, 0.15) is 0 Å². The van der Waals surface area contributed by atoms with Crippen LogP contribution in [-0.4, -0.2) is 22.9 Å². The lowest BCUT2D eigenvalue weighted by atomic mass is 10.1. The van der Waals surface area contributed by atoms with Crippen molar-refractivity contribution in [3.63, 3.8) is 0 Å². The number of aryl methyl sites for hydroxylation is 2. The molecule has 1 N–H and O–H groups in total. The first kappa shape index (κ1) is 19.2. The van der Waals surface area contributed by atoms with E-state index in [-0.39, 0.29) is 7.43 Å². The number of aromatic carboxylic acids is 1. The summed E-state index contributed by atoms with van der Waals surface area (Å²) in [5.74, 6) is 0.802. The second-order valence-electron chi connectivity index (χ2n) is 5.69. The van der Waals surface area contributed by atoms with Gasteiger partial charge >= 0.3 is 5.97 Å². The van der Waals surface area contributed by atoms with E-state index < -0.39 is 5.97 Å². The molecule has 0 fully saturated rings. The summed E-state index contributed by atoms with van der Waals surface area (Å²) < 4.78 is 10.3.